The molecule has 0 radical (unpaired) electrons. The highest BCUT2D eigenvalue weighted by atomic mass is 32.1. The van der Waals surface area contributed by atoms with Gasteiger partial charge in [0.1, 0.15) is 11.5 Å². The molecule has 1 amide bonds. The first kappa shape index (κ1) is 26.2. The minimum atomic E-state index is -0.802. The Labute approximate surface area is 211 Å². The Bertz CT molecular complexity index is 1110. The monoisotopic (exact) mass is 496 g/mol. The summed E-state index contributed by atoms with van der Waals surface area (Å²) in [6.45, 7) is 2.42. The number of anilines is 1. The lowest BCUT2D eigenvalue weighted by Gasteiger charge is -2.19. The standard InChI is InChI=1S/C26H32N4O4S/c1-17(25(31)29-14-19-13-21(32-2)9-12-24(19)33-3)34-26-23(28-15-20(27)16-35)11-10-22(30-26)18-7-5-4-6-8-18/h4-13,17,20,28,35H,14-16,27H2,1-3H3,(H,29,31). The van der Waals surface area contributed by atoms with Gasteiger partial charge in [-0.15, -0.1) is 0 Å². The summed E-state index contributed by atoms with van der Waals surface area (Å²) in [6, 6.07) is 18.8. The summed E-state index contributed by atoms with van der Waals surface area (Å²) in [5, 5.41) is 6.14. The molecule has 0 aliphatic rings. The lowest BCUT2D eigenvalue weighted by atomic mass is 10.1. The van der Waals surface area contributed by atoms with E-state index in [4.69, 9.17) is 19.9 Å². The Morgan fingerprint density at radius 2 is 1.86 bits per heavy atom. The van der Waals surface area contributed by atoms with Gasteiger partial charge in [0, 0.05) is 36.0 Å². The van der Waals surface area contributed by atoms with Crippen LogP contribution in [0.15, 0.2) is 60.7 Å². The van der Waals surface area contributed by atoms with Gasteiger partial charge >= 0.3 is 0 Å². The number of nitrogens with one attached hydrogen (secondary N) is 2. The Hall–Kier alpha value is -3.43. The highest BCUT2D eigenvalue weighted by molar-refractivity contribution is 7.80. The van der Waals surface area contributed by atoms with Crippen molar-refractivity contribution >= 4 is 24.2 Å². The highest BCUT2D eigenvalue weighted by Crippen LogP contribution is 2.28. The number of hydrogen-bond acceptors (Lipinski definition) is 8. The van der Waals surface area contributed by atoms with Gasteiger partial charge in [-0.2, -0.15) is 12.6 Å². The minimum absolute atomic E-state index is 0.140. The predicted octanol–water partition coefficient (Wildman–Crippen LogP) is 3.52. The molecule has 0 aliphatic carbocycles. The van der Waals surface area contributed by atoms with Crippen molar-refractivity contribution in [3.63, 3.8) is 0 Å². The molecule has 35 heavy (non-hydrogen) atoms. The lowest BCUT2D eigenvalue weighted by molar-refractivity contribution is -0.127. The van der Waals surface area contributed by atoms with Crippen LogP contribution in [0.3, 0.4) is 0 Å². The van der Waals surface area contributed by atoms with Crippen LogP contribution in [0.4, 0.5) is 5.69 Å². The van der Waals surface area contributed by atoms with E-state index in [-0.39, 0.29) is 18.5 Å². The molecule has 0 saturated heterocycles. The number of pyridine rings is 1. The van der Waals surface area contributed by atoms with Crippen LogP contribution in [-0.4, -0.2) is 49.6 Å². The third-order valence-electron chi connectivity index (χ3n) is 5.32. The van der Waals surface area contributed by atoms with Gasteiger partial charge < -0.3 is 30.6 Å². The minimum Gasteiger partial charge on any atom is -0.497 e. The van der Waals surface area contributed by atoms with Crippen molar-refractivity contribution < 1.29 is 19.0 Å². The van der Waals surface area contributed by atoms with Crippen LogP contribution in [0.2, 0.25) is 0 Å². The maximum atomic E-state index is 12.9. The molecule has 3 rings (SSSR count). The van der Waals surface area contributed by atoms with E-state index < -0.39 is 6.10 Å². The second-order valence-corrected chi connectivity index (χ2v) is 8.26. The number of nitrogens with zero attached hydrogens (tertiary/aromatic N) is 1. The van der Waals surface area contributed by atoms with Crippen LogP contribution in [0.5, 0.6) is 17.4 Å². The van der Waals surface area contributed by atoms with Crippen LogP contribution in [0.1, 0.15) is 12.5 Å². The smallest absolute Gasteiger partial charge is 0.261 e. The first-order valence-corrected chi connectivity index (χ1v) is 11.9. The summed E-state index contributed by atoms with van der Waals surface area (Å²) < 4.78 is 16.7. The van der Waals surface area contributed by atoms with Gasteiger partial charge in [0.05, 0.1) is 25.6 Å². The summed E-state index contributed by atoms with van der Waals surface area (Å²) >= 11 is 4.23. The Morgan fingerprint density at radius 1 is 1.09 bits per heavy atom. The molecule has 1 aromatic heterocycles. The second kappa shape index (κ2) is 12.9. The number of aromatic nitrogens is 1. The molecule has 4 N–H and O–H groups in total. The Morgan fingerprint density at radius 3 is 2.54 bits per heavy atom. The molecule has 8 nitrogen and oxygen atoms in total. The number of carbonyl (C=O) groups excluding carboxylic acids is 1. The first-order chi connectivity index (χ1) is 16.9. The molecule has 3 aromatic rings. The second-order valence-electron chi connectivity index (χ2n) is 7.89. The summed E-state index contributed by atoms with van der Waals surface area (Å²) in [5.41, 5.74) is 9.11. The van der Waals surface area contributed by atoms with Gasteiger partial charge in [-0.1, -0.05) is 30.3 Å². The number of thiol groups is 1. The summed E-state index contributed by atoms with van der Waals surface area (Å²) in [6.07, 6.45) is -0.802. The average molecular weight is 497 g/mol. The highest BCUT2D eigenvalue weighted by Gasteiger charge is 2.19. The van der Waals surface area contributed by atoms with Crippen molar-refractivity contribution in [1.29, 1.82) is 0 Å². The Balaban J connectivity index is 1.75. The fourth-order valence-electron chi connectivity index (χ4n) is 3.31. The number of ether oxygens (including phenoxy) is 3. The number of rotatable bonds is 12. The van der Waals surface area contributed by atoms with Gasteiger partial charge in [0.25, 0.3) is 5.91 Å². The zero-order valence-corrected chi connectivity index (χ0v) is 21.0. The van der Waals surface area contributed by atoms with E-state index in [1.54, 1.807) is 33.3 Å². The van der Waals surface area contributed by atoms with Crippen molar-refractivity contribution in [3.05, 3.63) is 66.2 Å². The van der Waals surface area contributed by atoms with Crippen LogP contribution >= 0.6 is 12.6 Å². The van der Waals surface area contributed by atoms with Crippen LogP contribution in [0, 0.1) is 0 Å². The van der Waals surface area contributed by atoms with Crippen molar-refractivity contribution in [3.8, 4) is 28.6 Å². The molecule has 9 heteroatoms. The molecule has 186 valence electrons. The summed E-state index contributed by atoms with van der Waals surface area (Å²) in [5.74, 6) is 1.89. The van der Waals surface area contributed by atoms with Crippen molar-refractivity contribution in [2.75, 3.05) is 31.8 Å². The van der Waals surface area contributed by atoms with E-state index >= 15 is 0 Å². The van der Waals surface area contributed by atoms with Crippen LogP contribution in [0.25, 0.3) is 11.3 Å². The molecule has 2 unspecified atom stereocenters. The van der Waals surface area contributed by atoms with E-state index in [0.717, 1.165) is 16.8 Å². The van der Waals surface area contributed by atoms with E-state index in [1.165, 1.54) is 0 Å². The number of methoxy groups -OCH3 is 2. The molecule has 0 bridgehead atoms. The van der Waals surface area contributed by atoms with Crippen molar-refractivity contribution in [2.45, 2.75) is 25.6 Å². The molecular weight excluding hydrogens is 464 g/mol. The normalized spacial score (nSPS) is 12.4. The molecule has 2 atom stereocenters. The molecule has 0 aliphatic heterocycles. The fraction of sp³-hybridized carbons (Fsp3) is 0.308. The van der Waals surface area contributed by atoms with Gasteiger partial charge in [-0.05, 0) is 37.3 Å². The van der Waals surface area contributed by atoms with Crippen molar-refractivity contribution in [2.24, 2.45) is 5.73 Å². The number of carbonyl (C=O) groups is 1. The van der Waals surface area contributed by atoms with Crippen molar-refractivity contribution in [1.82, 2.24) is 10.3 Å². The SMILES string of the molecule is COc1ccc(OC)c(CNC(=O)C(C)Oc2nc(-c3ccccc3)ccc2NCC(N)CS)c1. The molecule has 0 spiro atoms. The summed E-state index contributed by atoms with van der Waals surface area (Å²) in [4.78, 5) is 17.5. The topological polar surface area (TPSA) is 108 Å². The van der Waals surface area contributed by atoms with E-state index in [2.05, 4.69) is 28.2 Å². The molecule has 2 aromatic carbocycles. The number of benzene rings is 2. The third kappa shape index (κ3) is 7.27. The van der Waals surface area contributed by atoms with Gasteiger partial charge in [0.2, 0.25) is 5.88 Å². The first-order valence-electron chi connectivity index (χ1n) is 11.3. The predicted molar refractivity (Wildman–Crippen MR) is 141 cm³/mol. The maximum absolute atomic E-state index is 12.9. The quantitative estimate of drug-likeness (QED) is 0.284. The zero-order chi connectivity index (χ0) is 25.2. The molecular formula is C26H32N4O4S. The van der Waals surface area contributed by atoms with E-state index in [0.29, 0.717) is 35.4 Å². The lowest BCUT2D eigenvalue weighted by Crippen LogP contribution is -2.36. The largest absolute Gasteiger partial charge is 0.497 e. The van der Waals surface area contributed by atoms with Gasteiger partial charge in [0.15, 0.2) is 6.10 Å². The number of amides is 1. The Kier molecular flexibility index (Phi) is 9.63. The number of hydrogen-bond donors (Lipinski definition) is 4. The zero-order valence-electron chi connectivity index (χ0n) is 20.2. The van der Waals surface area contributed by atoms with Gasteiger partial charge in [-0.25, -0.2) is 4.98 Å². The van der Waals surface area contributed by atoms with E-state index in [1.807, 2.05) is 48.5 Å². The summed E-state index contributed by atoms with van der Waals surface area (Å²) in [7, 11) is 3.17. The maximum Gasteiger partial charge on any atom is 0.261 e. The number of nitrogens with two attached hydrogens (primary N) is 1. The molecule has 0 fully saturated rings. The van der Waals surface area contributed by atoms with Crippen LogP contribution < -0.4 is 30.6 Å². The van der Waals surface area contributed by atoms with E-state index in [9.17, 15) is 4.79 Å². The third-order valence-corrected chi connectivity index (χ3v) is 5.79. The molecule has 1 heterocycles. The van der Waals surface area contributed by atoms with Crippen LogP contribution in [-0.2, 0) is 11.3 Å². The van der Waals surface area contributed by atoms with Gasteiger partial charge in [-0.3, -0.25) is 4.79 Å². The molecule has 0 saturated carbocycles. The average Bonchev–Trinajstić information content (AvgIpc) is 2.90. The fourth-order valence-corrected chi connectivity index (χ4v) is 3.44.